The molecule has 7 heteroatoms. The van der Waals surface area contributed by atoms with Gasteiger partial charge in [0.2, 0.25) is 11.8 Å². The van der Waals surface area contributed by atoms with Crippen molar-refractivity contribution in [3.05, 3.63) is 29.8 Å². The molecule has 0 radical (unpaired) electrons. The normalized spacial score (nSPS) is 12.6. The Kier molecular flexibility index (Phi) is 7.13. The Morgan fingerprint density at radius 2 is 1.75 bits per heavy atom. The summed E-state index contributed by atoms with van der Waals surface area (Å²) >= 11 is 0. The van der Waals surface area contributed by atoms with Crippen LogP contribution in [-0.2, 0) is 16.0 Å². The Labute approximate surface area is 140 Å². The number of carbonyl (C=O) groups is 2. The molecule has 2 amide bonds. The highest BCUT2D eigenvalue weighted by molar-refractivity contribution is 5.89. The fourth-order valence-electron chi connectivity index (χ4n) is 1.80. The predicted octanol–water partition coefficient (Wildman–Crippen LogP) is 2.50. The average Bonchev–Trinajstić information content (AvgIpc) is 2.47. The van der Waals surface area contributed by atoms with Gasteiger partial charge in [-0.2, -0.15) is 8.78 Å². The van der Waals surface area contributed by atoms with E-state index >= 15 is 0 Å². The first-order valence-corrected chi connectivity index (χ1v) is 7.72. The topological polar surface area (TPSA) is 67.4 Å². The summed E-state index contributed by atoms with van der Waals surface area (Å²) in [6.45, 7) is 4.47. The van der Waals surface area contributed by atoms with Crippen LogP contribution in [0.2, 0.25) is 0 Å². The van der Waals surface area contributed by atoms with Crippen molar-refractivity contribution >= 4 is 11.8 Å². The molecule has 1 aromatic rings. The summed E-state index contributed by atoms with van der Waals surface area (Å²) in [5.74, 6) is -0.374. The maximum absolute atomic E-state index is 12.1. The van der Waals surface area contributed by atoms with E-state index in [4.69, 9.17) is 0 Å². The molecular formula is C17H24F2N2O3. The Balaban J connectivity index is 2.38. The van der Waals surface area contributed by atoms with Crippen molar-refractivity contribution in [1.82, 2.24) is 10.6 Å². The zero-order chi connectivity index (χ0) is 18.3. The number of rotatable bonds is 7. The molecule has 1 atom stereocenters. The highest BCUT2D eigenvalue weighted by atomic mass is 19.3. The van der Waals surface area contributed by atoms with Gasteiger partial charge in [0.1, 0.15) is 11.8 Å². The van der Waals surface area contributed by atoms with Crippen molar-refractivity contribution in [2.24, 2.45) is 5.41 Å². The van der Waals surface area contributed by atoms with Gasteiger partial charge in [0.05, 0.1) is 0 Å². The molecular weight excluding hydrogens is 318 g/mol. The van der Waals surface area contributed by atoms with Crippen LogP contribution in [0.25, 0.3) is 0 Å². The maximum atomic E-state index is 12.1. The van der Waals surface area contributed by atoms with Crippen LogP contribution in [0, 0.1) is 5.41 Å². The molecule has 0 bridgehead atoms. The fraction of sp³-hybridized carbons (Fsp3) is 0.529. The quantitative estimate of drug-likeness (QED) is 0.800. The minimum absolute atomic E-state index is 0.0938. The first-order chi connectivity index (χ1) is 11.1. The van der Waals surface area contributed by atoms with Crippen molar-refractivity contribution < 1.29 is 23.1 Å². The lowest BCUT2D eigenvalue weighted by atomic mass is 9.95. The summed E-state index contributed by atoms with van der Waals surface area (Å²) in [7, 11) is 0. The first-order valence-electron chi connectivity index (χ1n) is 7.72. The van der Waals surface area contributed by atoms with Gasteiger partial charge in [-0.05, 0) is 31.0 Å². The van der Waals surface area contributed by atoms with Crippen LogP contribution in [0.15, 0.2) is 24.3 Å². The van der Waals surface area contributed by atoms with Crippen LogP contribution in [0.1, 0.15) is 33.3 Å². The molecule has 0 saturated carbocycles. The molecule has 0 aromatic heterocycles. The van der Waals surface area contributed by atoms with Gasteiger partial charge in [0.15, 0.2) is 0 Å². The number of hydrogen-bond donors (Lipinski definition) is 2. The SMILES string of the molecule is CC(NC(=O)C(C)(C)C)C(=O)NCCc1ccc(OC(F)F)cc1. The summed E-state index contributed by atoms with van der Waals surface area (Å²) in [5.41, 5.74) is 0.319. The predicted molar refractivity (Wildman–Crippen MR) is 86.8 cm³/mol. The number of ether oxygens (including phenoxy) is 1. The molecule has 0 aliphatic carbocycles. The molecule has 0 aliphatic heterocycles. The second-order valence-electron chi connectivity index (χ2n) is 6.51. The van der Waals surface area contributed by atoms with E-state index in [1.165, 1.54) is 12.1 Å². The van der Waals surface area contributed by atoms with Crippen LogP contribution in [-0.4, -0.2) is 31.0 Å². The minimum Gasteiger partial charge on any atom is -0.435 e. The number of benzene rings is 1. The lowest BCUT2D eigenvalue weighted by Crippen LogP contribution is -2.48. The van der Waals surface area contributed by atoms with Crippen LogP contribution in [0.4, 0.5) is 8.78 Å². The van der Waals surface area contributed by atoms with E-state index in [-0.39, 0.29) is 17.6 Å². The van der Waals surface area contributed by atoms with Crippen LogP contribution < -0.4 is 15.4 Å². The second kappa shape index (κ2) is 8.61. The molecule has 1 aromatic carbocycles. The number of alkyl halides is 2. The van der Waals surface area contributed by atoms with Gasteiger partial charge < -0.3 is 15.4 Å². The smallest absolute Gasteiger partial charge is 0.387 e. The number of carbonyl (C=O) groups excluding carboxylic acids is 2. The summed E-state index contributed by atoms with van der Waals surface area (Å²) in [5, 5.41) is 5.39. The highest BCUT2D eigenvalue weighted by Gasteiger charge is 2.24. The van der Waals surface area contributed by atoms with E-state index in [2.05, 4.69) is 15.4 Å². The van der Waals surface area contributed by atoms with Crippen molar-refractivity contribution in [2.75, 3.05) is 6.54 Å². The van der Waals surface area contributed by atoms with Crippen LogP contribution >= 0.6 is 0 Å². The van der Waals surface area contributed by atoms with E-state index in [1.807, 2.05) is 0 Å². The van der Waals surface area contributed by atoms with Gasteiger partial charge in [-0.3, -0.25) is 9.59 Å². The van der Waals surface area contributed by atoms with E-state index in [1.54, 1.807) is 39.8 Å². The third kappa shape index (κ3) is 6.93. The molecule has 0 heterocycles. The zero-order valence-corrected chi connectivity index (χ0v) is 14.4. The fourth-order valence-corrected chi connectivity index (χ4v) is 1.80. The summed E-state index contributed by atoms with van der Waals surface area (Å²) < 4.78 is 28.4. The standard InChI is InChI=1S/C17H24F2N2O3/c1-11(21-15(23)17(2,3)4)14(22)20-10-9-12-5-7-13(8-6-12)24-16(18)19/h5-8,11,16H,9-10H2,1-4H3,(H,20,22)(H,21,23). The van der Waals surface area contributed by atoms with Crippen molar-refractivity contribution in [3.63, 3.8) is 0 Å². The van der Waals surface area contributed by atoms with E-state index in [9.17, 15) is 18.4 Å². The molecule has 5 nitrogen and oxygen atoms in total. The second-order valence-corrected chi connectivity index (χ2v) is 6.51. The molecule has 0 spiro atoms. The number of amides is 2. The minimum atomic E-state index is -2.85. The van der Waals surface area contributed by atoms with E-state index in [0.717, 1.165) is 5.56 Å². The number of nitrogens with one attached hydrogen (secondary N) is 2. The van der Waals surface area contributed by atoms with Gasteiger partial charge in [0.25, 0.3) is 0 Å². The highest BCUT2D eigenvalue weighted by Crippen LogP contribution is 2.15. The summed E-state index contributed by atoms with van der Waals surface area (Å²) in [4.78, 5) is 23.8. The largest absolute Gasteiger partial charge is 0.435 e. The average molecular weight is 342 g/mol. The Hall–Kier alpha value is -2.18. The Morgan fingerprint density at radius 1 is 1.17 bits per heavy atom. The number of halogens is 2. The summed E-state index contributed by atoms with van der Waals surface area (Å²) in [6, 6.07) is 5.60. The third-order valence-corrected chi connectivity index (χ3v) is 3.28. The van der Waals surface area contributed by atoms with E-state index < -0.39 is 18.1 Å². The maximum Gasteiger partial charge on any atom is 0.387 e. The molecule has 2 N–H and O–H groups in total. The lowest BCUT2D eigenvalue weighted by Gasteiger charge is -2.21. The third-order valence-electron chi connectivity index (χ3n) is 3.28. The monoisotopic (exact) mass is 342 g/mol. The molecule has 1 unspecified atom stereocenters. The van der Waals surface area contributed by atoms with Gasteiger partial charge in [0, 0.05) is 12.0 Å². The number of hydrogen-bond acceptors (Lipinski definition) is 3. The molecule has 0 aliphatic rings. The van der Waals surface area contributed by atoms with Gasteiger partial charge >= 0.3 is 6.61 Å². The molecule has 24 heavy (non-hydrogen) atoms. The van der Waals surface area contributed by atoms with Gasteiger partial charge in [-0.15, -0.1) is 0 Å². The molecule has 0 fully saturated rings. The molecule has 0 saturated heterocycles. The van der Waals surface area contributed by atoms with Crippen molar-refractivity contribution in [1.29, 1.82) is 0 Å². The van der Waals surface area contributed by atoms with E-state index in [0.29, 0.717) is 13.0 Å². The van der Waals surface area contributed by atoms with Crippen LogP contribution in [0.5, 0.6) is 5.75 Å². The van der Waals surface area contributed by atoms with Crippen molar-refractivity contribution in [3.8, 4) is 5.75 Å². The molecule has 134 valence electrons. The Morgan fingerprint density at radius 3 is 2.25 bits per heavy atom. The van der Waals surface area contributed by atoms with Gasteiger partial charge in [-0.1, -0.05) is 32.9 Å². The Bertz CT molecular complexity index is 554. The van der Waals surface area contributed by atoms with Gasteiger partial charge in [-0.25, -0.2) is 0 Å². The first kappa shape index (κ1) is 19.9. The van der Waals surface area contributed by atoms with Crippen molar-refractivity contribution in [2.45, 2.75) is 46.8 Å². The lowest BCUT2D eigenvalue weighted by molar-refractivity contribution is -0.133. The summed E-state index contributed by atoms with van der Waals surface area (Å²) in [6.07, 6.45) is 0.542. The van der Waals surface area contributed by atoms with Crippen LogP contribution in [0.3, 0.4) is 0 Å². The molecule has 1 rings (SSSR count). The zero-order valence-electron chi connectivity index (χ0n) is 14.4.